The summed E-state index contributed by atoms with van der Waals surface area (Å²) < 4.78 is 0. The number of hydrogen-bond acceptors (Lipinski definition) is 3. The van der Waals surface area contributed by atoms with Gasteiger partial charge >= 0.3 is 30.8 Å². The normalized spacial score (nSPS) is 6.27. The second-order valence-electron chi connectivity index (χ2n) is 1.13. The van der Waals surface area contributed by atoms with E-state index >= 15 is 0 Å². The summed E-state index contributed by atoms with van der Waals surface area (Å²) in [7, 11) is 0. The third-order valence-corrected chi connectivity index (χ3v) is 0.183. The molecule has 0 aromatic heterocycles. The fourth-order valence-electron chi connectivity index (χ4n) is 0. The summed E-state index contributed by atoms with van der Waals surface area (Å²) in [6, 6.07) is 0. The van der Waals surface area contributed by atoms with Gasteiger partial charge in [-0.25, -0.2) is 9.59 Å². The first-order chi connectivity index (χ1) is 4.37. The van der Waals surface area contributed by atoms with Gasteiger partial charge in [-0.3, -0.25) is 4.79 Å². The van der Waals surface area contributed by atoms with Gasteiger partial charge in [0.1, 0.15) is 0 Å². The second kappa shape index (κ2) is 9.01. The van der Waals surface area contributed by atoms with Crippen LogP contribution >= 0.6 is 0 Å². The van der Waals surface area contributed by atoms with Crippen LogP contribution in [0, 0.1) is 0 Å². The van der Waals surface area contributed by atoms with E-state index < -0.39 is 17.9 Å². The number of carbonyl (C=O) groups is 3. The van der Waals surface area contributed by atoms with Gasteiger partial charge in [-0.15, -0.1) is 0 Å². The average Bonchev–Trinajstić information content (AvgIpc) is 1.63. The molecule has 0 aliphatic heterocycles. The molecule has 0 unspecified atom stereocenters. The van der Waals surface area contributed by atoms with E-state index in [1.807, 2.05) is 0 Å². The van der Waals surface area contributed by atoms with E-state index in [1.54, 1.807) is 0 Å². The molecule has 3 N–H and O–H groups in total. The molecule has 0 aliphatic carbocycles. The van der Waals surface area contributed by atoms with Crippen LogP contribution < -0.4 is 0 Å². The molecule has 0 aromatic rings. The third kappa shape index (κ3) is 48.9. The van der Waals surface area contributed by atoms with E-state index in [1.165, 1.54) is 0 Å². The van der Waals surface area contributed by atoms with Crippen LogP contribution in [0.4, 0.5) is 0 Å². The zero-order valence-corrected chi connectivity index (χ0v) is 5.07. The molecule has 0 aliphatic rings. The van der Waals surface area contributed by atoms with Crippen molar-refractivity contribution in [2.24, 2.45) is 0 Å². The molecule has 6 nitrogen and oxygen atoms in total. The molecule has 7 heteroatoms. The van der Waals surface area contributed by atoms with Gasteiger partial charge in [-0.1, -0.05) is 0 Å². The summed E-state index contributed by atoms with van der Waals surface area (Å²) >= 11 is 0. The summed E-state index contributed by atoms with van der Waals surface area (Å²) in [5.41, 5.74) is 0. The Labute approximate surface area is 74.0 Å². The molecule has 0 fully saturated rings. The third-order valence-electron chi connectivity index (χ3n) is 0.183. The maximum absolute atomic E-state index is 9.10. The van der Waals surface area contributed by atoms with Crippen molar-refractivity contribution in [1.82, 2.24) is 0 Å². The van der Waals surface area contributed by atoms with Gasteiger partial charge < -0.3 is 15.3 Å². The van der Waals surface area contributed by atoms with Crippen molar-refractivity contribution in [2.45, 2.75) is 6.92 Å². The molecule has 60 valence electrons. The Morgan fingerprint density at radius 3 is 1.00 bits per heavy atom. The van der Waals surface area contributed by atoms with E-state index in [-0.39, 0.29) is 18.9 Å². The van der Waals surface area contributed by atoms with E-state index in [2.05, 4.69) is 0 Å². The number of carboxylic acids is 3. The number of hydrogen-bond donors (Lipinski definition) is 3. The zero-order valence-electron chi connectivity index (χ0n) is 5.07. The molecule has 0 spiro atoms. The molecule has 11 heavy (non-hydrogen) atoms. The van der Waals surface area contributed by atoms with Crippen LogP contribution in [0.2, 0.25) is 0 Å². The summed E-state index contributed by atoms with van der Waals surface area (Å²) in [6.07, 6.45) is 0. The quantitative estimate of drug-likeness (QED) is 0.295. The van der Waals surface area contributed by atoms with Gasteiger partial charge in [0.2, 0.25) is 0 Å². The predicted octanol–water partition coefficient (Wildman–Crippen LogP) is -1.40. The fraction of sp³-hybridized carbons (Fsp3) is 0.250. The van der Waals surface area contributed by atoms with Crippen LogP contribution in [-0.2, 0) is 14.4 Å². The molecule has 0 saturated carbocycles. The average molecular weight is 158 g/mol. The maximum atomic E-state index is 9.10. The first-order valence-corrected chi connectivity index (χ1v) is 2.03. The Bertz CT molecular complexity index is 137. The summed E-state index contributed by atoms with van der Waals surface area (Å²) in [5, 5.41) is 22.2. The van der Waals surface area contributed by atoms with Crippen molar-refractivity contribution in [2.75, 3.05) is 0 Å². The Morgan fingerprint density at radius 1 is 0.909 bits per heavy atom. The SMILES string of the molecule is CC(=O)O.O=C(O)C(=O)O.[LiH]. The molecule has 0 bridgehead atoms. The van der Waals surface area contributed by atoms with Crippen LogP contribution in [0.5, 0.6) is 0 Å². The topological polar surface area (TPSA) is 112 Å². The van der Waals surface area contributed by atoms with Gasteiger partial charge in [0.05, 0.1) is 0 Å². The summed E-state index contributed by atoms with van der Waals surface area (Å²) in [4.78, 5) is 27.2. The molecule has 0 aromatic carbocycles. The van der Waals surface area contributed by atoms with Crippen molar-refractivity contribution >= 4 is 36.8 Å². The Balaban J connectivity index is -0.000000114. The molecule has 0 radical (unpaired) electrons. The fourth-order valence-corrected chi connectivity index (χ4v) is 0. The number of carboxylic acid groups (broad SMARTS) is 3. The van der Waals surface area contributed by atoms with Crippen molar-refractivity contribution in [3.8, 4) is 0 Å². The second-order valence-corrected chi connectivity index (χ2v) is 1.13. The molecular formula is C4H7LiO6. The first kappa shape index (κ1) is 16.5. The predicted molar refractivity (Wildman–Crippen MR) is 35.7 cm³/mol. The van der Waals surface area contributed by atoms with Crippen LogP contribution in [0.1, 0.15) is 6.92 Å². The van der Waals surface area contributed by atoms with Crippen molar-refractivity contribution in [3.05, 3.63) is 0 Å². The zero-order chi connectivity index (χ0) is 8.73. The van der Waals surface area contributed by atoms with Crippen LogP contribution in [0.25, 0.3) is 0 Å². The number of rotatable bonds is 0. The molecule has 0 rings (SSSR count). The van der Waals surface area contributed by atoms with Gasteiger partial charge in [-0.2, -0.15) is 0 Å². The van der Waals surface area contributed by atoms with Gasteiger partial charge in [0, 0.05) is 6.92 Å². The molecule has 0 atom stereocenters. The Kier molecular flexibility index (Phi) is 13.5. The van der Waals surface area contributed by atoms with E-state index in [0.29, 0.717) is 0 Å². The summed E-state index contributed by atoms with van der Waals surface area (Å²) in [5.74, 6) is -4.48. The Hall–Kier alpha value is -0.993. The first-order valence-electron chi connectivity index (χ1n) is 2.03. The van der Waals surface area contributed by atoms with Crippen LogP contribution in [-0.4, -0.2) is 52.1 Å². The van der Waals surface area contributed by atoms with E-state index in [9.17, 15) is 0 Å². The minimum absolute atomic E-state index is 0. The van der Waals surface area contributed by atoms with Crippen molar-refractivity contribution < 1.29 is 29.7 Å². The van der Waals surface area contributed by atoms with Crippen LogP contribution in [0.15, 0.2) is 0 Å². The van der Waals surface area contributed by atoms with Crippen molar-refractivity contribution in [1.29, 1.82) is 0 Å². The van der Waals surface area contributed by atoms with E-state index in [4.69, 9.17) is 29.7 Å². The van der Waals surface area contributed by atoms with Crippen LogP contribution in [0.3, 0.4) is 0 Å². The van der Waals surface area contributed by atoms with Gasteiger partial charge in [0.15, 0.2) is 0 Å². The van der Waals surface area contributed by atoms with Gasteiger partial charge in [0.25, 0.3) is 5.97 Å². The standard InChI is InChI=1S/C2H2O4.C2H4O2.Li.H/c3-1(4)2(5)6;1-2(3)4;;/h(H,3,4)(H,5,6);1H3,(H,3,4);;. The molecular weight excluding hydrogens is 151 g/mol. The molecule has 0 saturated heterocycles. The molecule has 0 heterocycles. The van der Waals surface area contributed by atoms with E-state index in [0.717, 1.165) is 6.92 Å². The van der Waals surface area contributed by atoms with Crippen molar-refractivity contribution in [3.63, 3.8) is 0 Å². The van der Waals surface area contributed by atoms with Gasteiger partial charge in [-0.05, 0) is 0 Å². The Morgan fingerprint density at radius 2 is 1.00 bits per heavy atom. The minimum atomic E-state index is -1.82. The summed E-state index contributed by atoms with van der Waals surface area (Å²) in [6.45, 7) is 1.08. The molecule has 0 amide bonds. The number of aliphatic carboxylic acids is 3. The monoisotopic (exact) mass is 158 g/mol.